The zero-order valence-corrected chi connectivity index (χ0v) is 14.1. The van der Waals surface area contributed by atoms with E-state index < -0.39 is 33.3 Å². The van der Waals surface area contributed by atoms with E-state index >= 15 is 0 Å². The third-order valence-corrected chi connectivity index (χ3v) is 5.45. The predicted molar refractivity (Wildman–Crippen MR) is 82.1 cm³/mol. The molecule has 0 bridgehead atoms. The Morgan fingerprint density at radius 1 is 1.41 bits per heavy atom. The monoisotopic (exact) mass is 332 g/mol. The number of ether oxygens (including phenoxy) is 4. The van der Waals surface area contributed by atoms with Crippen LogP contribution in [0.25, 0.3) is 0 Å². The summed E-state index contributed by atoms with van der Waals surface area (Å²) in [6.07, 6.45) is -0.0370. The van der Waals surface area contributed by atoms with E-state index in [0.717, 1.165) is 0 Å². The van der Waals surface area contributed by atoms with Crippen molar-refractivity contribution in [1.82, 2.24) is 0 Å². The lowest BCUT2D eigenvalue weighted by molar-refractivity contribution is -0.160. The number of rotatable bonds is 6. The smallest absolute Gasteiger partial charge is 0.187 e. The van der Waals surface area contributed by atoms with E-state index in [9.17, 15) is 8.42 Å². The van der Waals surface area contributed by atoms with Crippen LogP contribution in [0.5, 0.6) is 0 Å². The van der Waals surface area contributed by atoms with Crippen LogP contribution < -0.4 is 0 Å². The van der Waals surface area contributed by atoms with Crippen molar-refractivity contribution >= 4 is 9.84 Å². The lowest BCUT2D eigenvalue weighted by Gasteiger charge is -2.37. The number of sulfone groups is 1. The van der Waals surface area contributed by atoms with Crippen molar-refractivity contribution in [3.05, 3.63) is 24.8 Å². The minimum atomic E-state index is -3.55. The Kier molecular flexibility index (Phi) is 5.13. The van der Waals surface area contributed by atoms with Crippen LogP contribution in [0.1, 0.15) is 20.8 Å². The summed E-state index contributed by atoms with van der Waals surface area (Å²) in [6.45, 7) is 12.9. The van der Waals surface area contributed by atoms with Crippen molar-refractivity contribution in [2.24, 2.45) is 0 Å². The van der Waals surface area contributed by atoms with Gasteiger partial charge in [0.15, 0.2) is 21.1 Å². The average molecular weight is 332 g/mol. The van der Waals surface area contributed by atoms with Crippen molar-refractivity contribution in [2.45, 2.75) is 50.3 Å². The Morgan fingerprint density at radius 3 is 2.68 bits per heavy atom. The highest BCUT2D eigenvalue weighted by molar-refractivity contribution is 7.92. The highest BCUT2D eigenvalue weighted by Crippen LogP contribution is 2.37. The molecule has 6 nitrogen and oxygen atoms in total. The molecule has 0 saturated carbocycles. The molecule has 4 atom stereocenters. The van der Waals surface area contributed by atoms with E-state index in [-0.39, 0.29) is 25.1 Å². The summed E-state index contributed by atoms with van der Waals surface area (Å²) >= 11 is 0. The van der Waals surface area contributed by atoms with E-state index in [1.54, 1.807) is 26.8 Å². The predicted octanol–water partition coefficient (Wildman–Crippen LogP) is 1.42. The molecule has 0 aromatic rings. The Bertz CT molecular complexity index is 538. The maximum absolute atomic E-state index is 12.5. The van der Waals surface area contributed by atoms with Crippen LogP contribution in [0.3, 0.4) is 0 Å². The molecule has 0 N–H and O–H groups in total. The normalized spacial score (nSPS) is 34.1. The first-order valence-electron chi connectivity index (χ1n) is 7.22. The Hall–Kier alpha value is -0.730. The molecule has 0 spiro atoms. The van der Waals surface area contributed by atoms with E-state index in [0.29, 0.717) is 5.57 Å². The molecular formula is C15H24O6S. The minimum Gasteiger partial charge on any atom is -0.368 e. The van der Waals surface area contributed by atoms with Crippen molar-refractivity contribution < 1.29 is 27.4 Å². The number of hydrogen-bond acceptors (Lipinski definition) is 6. The van der Waals surface area contributed by atoms with Crippen LogP contribution in [-0.2, 0) is 28.8 Å². The van der Waals surface area contributed by atoms with Gasteiger partial charge in [-0.05, 0) is 20.8 Å². The Morgan fingerprint density at radius 2 is 2.09 bits per heavy atom. The molecule has 2 saturated heterocycles. The van der Waals surface area contributed by atoms with E-state index in [2.05, 4.69) is 13.2 Å². The summed E-state index contributed by atoms with van der Waals surface area (Å²) in [6, 6.07) is 0. The molecule has 2 heterocycles. The van der Waals surface area contributed by atoms with E-state index in [4.69, 9.17) is 18.9 Å². The third kappa shape index (κ3) is 3.78. The summed E-state index contributed by atoms with van der Waals surface area (Å²) in [5.41, 5.74) is -0.542. The van der Waals surface area contributed by atoms with Crippen molar-refractivity contribution in [2.75, 3.05) is 19.0 Å². The van der Waals surface area contributed by atoms with Gasteiger partial charge >= 0.3 is 0 Å². The van der Waals surface area contributed by atoms with Gasteiger partial charge in [-0.1, -0.05) is 18.2 Å². The third-order valence-electron chi connectivity index (χ3n) is 3.45. The van der Waals surface area contributed by atoms with Gasteiger partial charge in [0.25, 0.3) is 0 Å². The quantitative estimate of drug-likeness (QED) is 0.685. The molecule has 126 valence electrons. The summed E-state index contributed by atoms with van der Waals surface area (Å²) in [4.78, 5) is 0. The fourth-order valence-electron chi connectivity index (χ4n) is 2.80. The SMILES string of the molecule is C=CCO[C@@H]1C(S(=O)(=O)CC(=C)C)OC[C@H]2OC(C)(C)O[C@@H]12. The topological polar surface area (TPSA) is 71.1 Å². The van der Waals surface area contributed by atoms with Gasteiger partial charge in [0.1, 0.15) is 18.3 Å². The van der Waals surface area contributed by atoms with Crippen molar-refractivity contribution in [3.8, 4) is 0 Å². The van der Waals surface area contributed by atoms with Crippen LogP contribution in [0, 0.1) is 0 Å². The molecular weight excluding hydrogens is 308 g/mol. The molecule has 2 fully saturated rings. The molecule has 0 radical (unpaired) electrons. The molecule has 2 rings (SSSR count). The van der Waals surface area contributed by atoms with Crippen molar-refractivity contribution in [3.63, 3.8) is 0 Å². The lowest BCUT2D eigenvalue weighted by Crippen LogP contribution is -2.56. The Balaban J connectivity index is 2.26. The highest BCUT2D eigenvalue weighted by atomic mass is 32.2. The molecule has 0 aromatic carbocycles. The number of hydrogen-bond donors (Lipinski definition) is 0. The summed E-state index contributed by atoms with van der Waals surface area (Å²) < 4.78 is 47.9. The van der Waals surface area contributed by atoms with Crippen LogP contribution in [0.4, 0.5) is 0 Å². The summed E-state index contributed by atoms with van der Waals surface area (Å²) in [5.74, 6) is -0.936. The first-order chi connectivity index (χ1) is 10.2. The van der Waals surface area contributed by atoms with Crippen LogP contribution in [0.2, 0.25) is 0 Å². The van der Waals surface area contributed by atoms with Gasteiger partial charge < -0.3 is 18.9 Å². The van der Waals surface area contributed by atoms with Gasteiger partial charge in [-0.2, -0.15) is 0 Å². The van der Waals surface area contributed by atoms with Crippen LogP contribution in [0.15, 0.2) is 24.8 Å². The average Bonchev–Trinajstić information content (AvgIpc) is 2.68. The van der Waals surface area contributed by atoms with Crippen LogP contribution >= 0.6 is 0 Å². The molecule has 22 heavy (non-hydrogen) atoms. The lowest BCUT2D eigenvalue weighted by atomic mass is 10.1. The Labute approximate surface area is 132 Å². The van der Waals surface area contributed by atoms with Crippen molar-refractivity contribution in [1.29, 1.82) is 0 Å². The maximum Gasteiger partial charge on any atom is 0.187 e. The summed E-state index contributed by atoms with van der Waals surface area (Å²) in [7, 11) is -3.55. The second-order valence-electron chi connectivity index (χ2n) is 6.19. The molecule has 0 aromatic heterocycles. The molecule has 1 unspecified atom stereocenters. The van der Waals surface area contributed by atoms with Gasteiger partial charge in [0.05, 0.1) is 19.0 Å². The zero-order valence-electron chi connectivity index (χ0n) is 13.3. The second kappa shape index (κ2) is 6.41. The van der Waals surface area contributed by atoms with Gasteiger partial charge in [-0.25, -0.2) is 8.42 Å². The fourth-order valence-corrected chi connectivity index (χ4v) is 4.58. The van der Waals surface area contributed by atoms with Gasteiger partial charge in [0, 0.05) is 0 Å². The molecule has 0 aliphatic carbocycles. The molecule has 2 aliphatic heterocycles. The molecule has 2 aliphatic rings. The minimum absolute atomic E-state index is 0.146. The van der Waals surface area contributed by atoms with Gasteiger partial charge in [-0.15, -0.1) is 6.58 Å². The second-order valence-corrected chi connectivity index (χ2v) is 8.27. The first kappa shape index (κ1) is 17.6. The van der Waals surface area contributed by atoms with E-state index in [1.807, 2.05) is 0 Å². The zero-order chi connectivity index (χ0) is 16.5. The summed E-state index contributed by atoms with van der Waals surface area (Å²) in [5, 5.41) is 0. The fraction of sp³-hybridized carbons (Fsp3) is 0.733. The maximum atomic E-state index is 12.5. The van der Waals surface area contributed by atoms with E-state index in [1.165, 1.54) is 0 Å². The number of fused-ring (bicyclic) bond motifs is 1. The molecule has 0 amide bonds. The van der Waals surface area contributed by atoms with Crippen LogP contribution in [-0.4, -0.2) is 56.9 Å². The highest BCUT2D eigenvalue weighted by Gasteiger charge is 2.54. The van der Waals surface area contributed by atoms with Gasteiger partial charge in [-0.3, -0.25) is 0 Å². The molecule has 7 heteroatoms. The van der Waals surface area contributed by atoms with Gasteiger partial charge in [0.2, 0.25) is 0 Å². The largest absolute Gasteiger partial charge is 0.368 e. The standard InChI is InChI=1S/C15H24O6S/c1-6-7-18-13-12-11(20-15(4,5)21-12)8-19-14(13)22(16,17)9-10(2)3/h6,11-14H,1-2,7-9H2,3-5H3/t11-,12-,13+,14?/m1/s1. The first-order valence-corrected chi connectivity index (χ1v) is 8.93.